The minimum Gasteiger partial charge on any atom is -0.469 e. The van der Waals surface area contributed by atoms with E-state index in [0.29, 0.717) is 5.92 Å². The fourth-order valence-electron chi connectivity index (χ4n) is 2.17. The molecule has 2 rings (SSSR count). The maximum atomic E-state index is 5.38. The van der Waals surface area contributed by atoms with Crippen molar-refractivity contribution >= 4 is 17.3 Å². The van der Waals surface area contributed by atoms with Gasteiger partial charge in [-0.25, -0.2) is 0 Å². The lowest BCUT2D eigenvalue weighted by atomic mass is 10.2. The summed E-state index contributed by atoms with van der Waals surface area (Å²) >= 11 is 1.81. The van der Waals surface area contributed by atoms with E-state index in [1.54, 1.807) is 6.26 Å². The van der Waals surface area contributed by atoms with E-state index in [9.17, 15) is 0 Å². The molecule has 2 aromatic rings. The third-order valence-corrected chi connectivity index (χ3v) is 4.41. The first-order chi connectivity index (χ1) is 11.1. The Kier molecular flexibility index (Phi) is 7.20. The Hall–Kier alpha value is -1.75. The Morgan fingerprint density at radius 3 is 2.83 bits per heavy atom. The van der Waals surface area contributed by atoms with Crippen LogP contribution in [0.5, 0.6) is 0 Å². The Labute approximate surface area is 143 Å². The van der Waals surface area contributed by atoms with Crippen LogP contribution in [-0.4, -0.2) is 37.5 Å². The van der Waals surface area contributed by atoms with Gasteiger partial charge in [-0.15, -0.1) is 11.3 Å². The lowest BCUT2D eigenvalue weighted by molar-refractivity contribution is 0.473. The zero-order chi connectivity index (χ0) is 16.5. The molecule has 0 radical (unpaired) electrons. The van der Waals surface area contributed by atoms with Crippen molar-refractivity contribution in [1.82, 2.24) is 10.2 Å². The Bertz CT molecular complexity index is 561. The standard InChI is InChI=1S/C18H27N3OS/c1-15(2)14-20-18(19-10-8-16-6-4-12-22-16)21(3)11-9-17-7-5-13-23-17/h4-7,12-13,15H,8-11,14H2,1-3H3,(H,19,20). The lowest BCUT2D eigenvalue weighted by Crippen LogP contribution is -2.41. The van der Waals surface area contributed by atoms with E-state index in [2.05, 4.69) is 48.6 Å². The molecule has 0 saturated carbocycles. The van der Waals surface area contributed by atoms with Gasteiger partial charge in [0.1, 0.15) is 5.76 Å². The number of aliphatic imine (C=N–C) groups is 1. The molecule has 0 spiro atoms. The summed E-state index contributed by atoms with van der Waals surface area (Å²) in [6.45, 7) is 7.01. The van der Waals surface area contributed by atoms with Gasteiger partial charge in [-0.3, -0.25) is 4.99 Å². The minimum absolute atomic E-state index is 0.558. The number of nitrogens with zero attached hydrogens (tertiary/aromatic N) is 2. The molecule has 1 N–H and O–H groups in total. The Balaban J connectivity index is 1.85. The molecule has 0 fully saturated rings. The first-order valence-corrected chi connectivity index (χ1v) is 9.07. The van der Waals surface area contributed by atoms with E-state index in [4.69, 9.17) is 9.41 Å². The van der Waals surface area contributed by atoms with Crippen molar-refractivity contribution in [1.29, 1.82) is 0 Å². The van der Waals surface area contributed by atoms with E-state index in [0.717, 1.165) is 44.2 Å². The second-order valence-corrected chi connectivity index (χ2v) is 7.10. The van der Waals surface area contributed by atoms with Crippen LogP contribution in [0, 0.1) is 5.92 Å². The van der Waals surface area contributed by atoms with E-state index in [1.165, 1.54) is 4.88 Å². The highest BCUT2D eigenvalue weighted by Gasteiger charge is 2.08. The van der Waals surface area contributed by atoms with Crippen molar-refractivity contribution in [2.24, 2.45) is 10.9 Å². The maximum absolute atomic E-state index is 5.38. The van der Waals surface area contributed by atoms with Gasteiger partial charge < -0.3 is 14.6 Å². The molecule has 0 aliphatic rings. The number of thiophene rings is 1. The van der Waals surface area contributed by atoms with Crippen LogP contribution >= 0.6 is 11.3 Å². The van der Waals surface area contributed by atoms with Gasteiger partial charge in [0, 0.05) is 38.0 Å². The Morgan fingerprint density at radius 2 is 2.17 bits per heavy atom. The van der Waals surface area contributed by atoms with E-state index in [1.807, 2.05) is 23.5 Å². The summed E-state index contributed by atoms with van der Waals surface area (Å²) in [5.41, 5.74) is 0. The summed E-state index contributed by atoms with van der Waals surface area (Å²) < 4.78 is 5.38. The van der Waals surface area contributed by atoms with E-state index < -0.39 is 0 Å². The van der Waals surface area contributed by atoms with Gasteiger partial charge in [0.15, 0.2) is 5.96 Å². The smallest absolute Gasteiger partial charge is 0.193 e. The highest BCUT2D eigenvalue weighted by molar-refractivity contribution is 7.09. The summed E-state index contributed by atoms with van der Waals surface area (Å²) in [5.74, 6) is 2.53. The van der Waals surface area contributed by atoms with Crippen molar-refractivity contribution in [2.75, 3.05) is 26.7 Å². The quantitative estimate of drug-likeness (QED) is 0.592. The van der Waals surface area contributed by atoms with Crippen molar-refractivity contribution in [3.8, 4) is 0 Å². The van der Waals surface area contributed by atoms with Crippen LogP contribution < -0.4 is 5.32 Å². The highest BCUT2D eigenvalue weighted by Crippen LogP contribution is 2.09. The van der Waals surface area contributed by atoms with Crippen LogP contribution in [0.3, 0.4) is 0 Å². The van der Waals surface area contributed by atoms with Crippen LogP contribution in [0.15, 0.2) is 45.3 Å². The predicted octanol–water partition coefficient (Wildman–Crippen LogP) is 3.66. The molecule has 0 saturated heterocycles. The molecule has 2 heterocycles. The summed E-state index contributed by atoms with van der Waals surface area (Å²) in [4.78, 5) is 8.37. The van der Waals surface area contributed by atoms with Gasteiger partial charge in [-0.2, -0.15) is 0 Å². The second-order valence-electron chi connectivity index (χ2n) is 6.07. The number of hydrogen-bond acceptors (Lipinski definition) is 3. The topological polar surface area (TPSA) is 40.8 Å². The maximum Gasteiger partial charge on any atom is 0.193 e. The van der Waals surface area contributed by atoms with Gasteiger partial charge in [0.2, 0.25) is 0 Å². The van der Waals surface area contributed by atoms with E-state index >= 15 is 0 Å². The molecule has 5 heteroatoms. The number of furan rings is 1. The zero-order valence-corrected chi connectivity index (χ0v) is 15.1. The second kappa shape index (κ2) is 9.40. The number of hydrogen-bond donors (Lipinski definition) is 1. The van der Waals surface area contributed by atoms with Gasteiger partial charge in [-0.05, 0) is 35.9 Å². The highest BCUT2D eigenvalue weighted by atomic mass is 32.1. The molecule has 126 valence electrons. The molecule has 0 amide bonds. The largest absolute Gasteiger partial charge is 0.469 e. The molecule has 0 aliphatic carbocycles. The molecular weight excluding hydrogens is 306 g/mol. The normalized spacial score (nSPS) is 11.9. The van der Waals surface area contributed by atoms with Gasteiger partial charge >= 0.3 is 0 Å². The first kappa shape index (κ1) is 17.6. The Morgan fingerprint density at radius 1 is 1.30 bits per heavy atom. The summed E-state index contributed by atoms with van der Waals surface area (Å²) in [7, 11) is 2.10. The summed E-state index contributed by atoms with van der Waals surface area (Å²) in [6, 6.07) is 8.23. The van der Waals surface area contributed by atoms with Crippen molar-refractivity contribution < 1.29 is 4.42 Å². The third-order valence-electron chi connectivity index (χ3n) is 3.48. The van der Waals surface area contributed by atoms with Crippen molar-refractivity contribution in [3.63, 3.8) is 0 Å². The van der Waals surface area contributed by atoms with Crippen LogP contribution in [0.4, 0.5) is 0 Å². The number of guanidine groups is 1. The molecule has 0 bridgehead atoms. The molecule has 0 unspecified atom stereocenters. The molecule has 0 atom stereocenters. The minimum atomic E-state index is 0.558. The number of nitrogens with one attached hydrogen (secondary N) is 1. The van der Waals surface area contributed by atoms with Crippen molar-refractivity contribution in [3.05, 3.63) is 46.5 Å². The zero-order valence-electron chi connectivity index (χ0n) is 14.3. The summed E-state index contributed by atoms with van der Waals surface area (Å²) in [6.07, 6.45) is 3.64. The van der Waals surface area contributed by atoms with Crippen LogP contribution in [0.25, 0.3) is 0 Å². The molecule has 2 aromatic heterocycles. The average molecular weight is 334 g/mol. The van der Waals surface area contributed by atoms with Gasteiger partial charge in [-0.1, -0.05) is 19.9 Å². The molecule has 0 aromatic carbocycles. The number of rotatable bonds is 8. The SMILES string of the molecule is CC(C)CN=C(NCCc1ccco1)N(C)CCc1cccs1. The predicted molar refractivity (Wildman–Crippen MR) is 98.2 cm³/mol. The third kappa shape index (κ3) is 6.48. The van der Waals surface area contributed by atoms with Crippen LogP contribution in [-0.2, 0) is 12.8 Å². The fourth-order valence-corrected chi connectivity index (χ4v) is 2.87. The van der Waals surface area contributed by atoms with E-state index in [-0.39, 0.29) is 0 Å². The van der Waals surface area contributed by atoms with Crippen LogP contribution in [0.1, 0.15) is 24.5 Å². The molecule has 4 nitrogen and oxygen atoms in total. The lowest BCUT2D eigenvalue weighted by Gasteiger charge is -2.22. The monoisotopic (exact) mass is 333 g/mol. The molecular formula is C18H27N3OS. The fraction of sp³-hybridized carbons (Fsp3) is 0.500. The summed E-state index contributed by atoms with van der Waals surface area (Å²) in [5, 5.41) is 5.59. The number of likely N-dealkylation sites (N-methyl/N-ethyl adjacent to an activating group) is 1. The molecule has 0 aliphatic heterocycles. The first-order valence-electron chi connectivity index (χ1n) is 8.19. The average Bonchev–Trinajstić information content (AvgIpc) is 3.21. The van der Waals surface area contributed by atoms with Gasteiger partial charge in [0.25, 0.3) is 0 Å². The van der Waals surface area contributed by atoms with Gasteiger partial charge in [0.05, 0.1) is 6.26 Å². The van der Waals surface area contributed by atoms with Crippen LogP contribution in [0.2, 0.25) is 0 Å². The van der Waals surface area contributed by atoms with Crippen molar-refractivity contribution in [2.45, 2.75) is 26.7 Å². The molecule has 23 heavy (non-hydrogen) atoms.